The van der Waals surface area contributed by atoms with E-state index in [4.69, 9.17) is 5.84 Å². The first kappa shape index (κ1) is 14.8. The second-order valence-electron chi connectivity index (χ2n) is 5.67. The van der Waals surface area contributed by atoms with E-state index in [-0.39, 0.29) is 6.04 Å². The highest BCUT2D eigenvalue weighted by Crippen LogP contribution is 2.21. The van der Waals surface area contributed by atoms with Gasteiger partial charge in [0.05, 0.1) is 0 Å². The zero-order valence-corrected chi connectivity index (χ0v) is 12.6. The topological polar surface area (TPSA) is 38.0 Å². The molecule has 1 atom stereocenters. The monoisotopic (exact) mass is 268 g/mol. The minimum Gasteiger partial charge on any atom is -0.271 e. The fraction of sp³-hybridized carbons (Fsp3) is 0.333. The Morgan fingerprint density at radius 1 is 0.950 bits per heavy atom. The molecule has 2 nitrogen and oxygen atoms in total. The van der Waals surface area contributed by atoms with Gasteiger partial charge in [-0.05, 0) is 44.7 Å². The third-order valence-corrected chi connectivity index (χ3v) is 3.65. The summed E-state index contributed by atoms with van der Waals surface area (Å²) in [4.78, 5) is 0. The van der Waals surface area contributed by atoms with Crippen LogP contribution in [0.1, 0.15) is 40.3 Å². The fourth-order valence-corrected chi connectivity index (χ4v) is 2.74. The van der Waals surface area contributed by atoms with Gasteiger partial charge in [-0.3, -0.25) is 11.3 Å². The van der Waals surface area contributed by atoms with Crippen LogP contribution in [0.25, 0.3) is 0 Å². The number of nitrogens with two attached hydrogens (primary N) is 1. The van der Waals surface area contributed by atoms with E-state index in [9.17, 15) is 0 Å². The molecule has 0 saturated carbocycles. The molecule has 2 heteroatoms. The molecule has 0 aliphatic rings. The zero-order valence-electron chi connectivity index (χ0n) is 12.6. The quantitative estimate of drug-likeness (QED) is 0.640. The van der Waals surface area contributed by atoms with E-state index in [0.717, 1.165) is 12.8 Å². The Morgan fingerprint density at radius 3 is 2.25 bits per heavy atom. The molecule has 2 rings (SSSR count). The molecule has 0 amide bonds. The average molecular weight is 268 g/mol. The van der Waals surface area contributed by atoms with Gasteiger partial charge in [0, 0.05) is 6.04 Å². The van der Waals surface area contributed by atoms with E-state index in [2.05, 4.69) is 68.7 Å². The van der Waals surface area contributed by atoms with Crippen molar-refractivity contribution >= 4 is 0 Å². The summed E-state index contributed by atoms with van der Waals surface area (Å²) >= 11 is 0. The maximum absolute atomic E-state index is 5.75. The summed E-state index contributed by atoms with van der Waals surface area (Å²) in [5.74, 6) is 5.75. The van der Waals surface area contributed by atoms with Crippen LogP contribution in [0.3, 0.4) is 0 Å². The molecule has 0 aromatic heterocycles. The first-order valence-corrected chi connectivity index (χ1v) is 7.18. The molecule has 0 heterocycles. The van der Waals surface area contributed by atoms with Crippen LogP contribution in [-0.2, 0) is 6.42 Å². The van der Waals surface area contributed by atoms with Gasteiger partial charge in [0.15, 0.2) is 0 Å². The lowest BCUT2D eigenvalue weighted by atomic mass is 9.96. The minimum atomic E-state index is 0.203. The Kier molecular flexibility index (Phi) is 4.94. The smallest absolute Gasteiger partial charge is 0.0463 e. The summed E-state index contributed by atoms with van der Waals surface area (Å²) < 4.78 is 0. The van der Waals surface area contributed by atoms with Gasteiger partial charge in [-0.1, -0.05) is 59.2 Å². The molecule has 1 unspecified atom stereocenters. The number of rotatable bonds is 5. The first-order chi connectivity index (χ1) is 9.58. The molecule has 0 radical (unpaired) electrons. The summed E-state index contributed by atoms with van der Waals surface area (Å²) in [5.41, 5.74) is 9.49. The van der Waals surface area contributed by atoms with Crippen LogP contribution < -0.4 is 11.3 Å². The van der Waals surface area contributed by atoms with Gasteiger partial charge in [-0.25, -0.2) is 0 Å². The Hall–Kier alpha value is -1.64. The lowest BCUT2D eigenvalue weighted by Gasteiger charge is -2.18. The van der Waals surface area contributed by atoms with E-state index in [1.807, 2.05) is 0 Å². The Labute approximate surface area is 122 Å². The first-order valence-electron chi connectivity index (χ1n) is 7.18. The van der Waals surface area contributed by atoms with E-state index >= 15 is 0 Å². The van der Waals surface area contributed by atoms with Crippen molar-refractivity contribution in [3.8, 4) is 0 Å². The van der Waals surface area contributed by atoms with Crippen LogP contribution in [0.2, 0.25) is 0 Å². The molecule has 20 heavy (non-hydrogen) atoms. The van der Waals surface area contributed by atoms with Gasteiger partial charge in [0.25, 0.3) is 0 Å². The SMILES string of the molecule is Cc1cccc(CCC(NN)c2cc(C)cc(C)c2)c1. The molecular formula is C18H24N2. The van der Waals surface area contributed by atoms with Crippen molar-refractivity contribution in [2.45, 2.75) is 39.7 Å². The van der Waals surface area contributed by atoms with Gasteiger partial charge in [-0.2, -0.15) is 0 Å². The fourth-order valence-electron chi connectivity index (χ4n) is 2.74. The second kappa shape index (κ2) is 6.69. The third-order valence-electron chi connectivity index (χ3n) is 3.65. The predicted octanol–water partition coefficient (Wildman–Crippen LogP) is 3.75. The zero-order chi connectivity index (χ0) is 14.5. The Morgan fingerprint density at radius 2 is 1.65 bits per heavy atom. The van der Waals surface area contributed by atoms with Crippen molar-refractivity contribution in [1.29, 1.82) is 0 Å². The normalized spacial score (nSPS) is 12.4. The number of aryl methyl sites for hydroxylation is 4. The lowest BCUT2D eigenvalue weighted by molar-refractivity contribution is 0.516. The van der Waals surface area contributed by atoms with Crippen LogP contribution in [0.5, 0.6) is 0 Å². The van der Waals surface area contributed by atoms with Gasteiger partial charge >= 0.3 is 0 Å². The number of hydrogen-bond acceptors (Lipinski definition) is 2. The lowest BCUT2D eigenvalue weighted by Crippen LogP contribution is -2.28. The van der Waals surface area contributed by atoms with Crippen molar-refractivity contribution in [1.82, 2.24) is 5.43 Å². The number of hydrazine groups is 1. The summed E-state index contributed by atoms with van der Waals surface area (Å²) in [7, 11) is 0. The maximum atomic E-state index is 5.75. The van der Waals surface area contributed by atoms with E-state index in [1.165, 1.54) is 27.8 Å². The molecule has 0 aliphatic heterocycles. The van der Waals surface area contributed by atoms with E-state index < -0.39 is 0 Å². The Bertz CT molecular complexity index is 555. The summed E-state index contributed by atoms with van der Waals surface area (Å²) in [6.07, 6.45) is 2.03. The van der Waals surface area contributed by atoms with Gasteiger partial charge in [-0.15, -0.1) is 0 Å². The largest absolute Gasteiger partial charge is 0.271 e. The molecule has 0 aliphatic carbocycles. The van der Waals surface area contributed by atoms with Crippen molar-refractivity contribution < 1.29 is 0 Å². The van der Waals surface area contributed by atoms with Crippen LogP contribution in [0.15, 0.2) is 42.5 Å². The highest BCUT2D eigenvalue weighted by atomic mass is 15.2. The van der Waals surface area contributed by atoms with Gasteiger partial charge in [0.2, 0.25) is 0 Å². The third kappa shape index (κ3) is 3.92. The summed E-state index contributed by atoms with van der Waals surface area (Å²) in [5, 5.41) is 0. The van der Waals surface area contributed by atoms with Crippen molar-refractivity contribution in [2.24, 2.45) is 5.84 Å². The predicted molar refractivity (Wildman–Crippen MR) is 85.5 cm³/mol. The summed E-state index contributed by atoms with van der Waals surface area (Å²) in [6, 6.07) is 15.5. The molecule has 0 spiro atoms. The maximum Gasteiger partial charge on any atom is 0.0463 e. The van der Waals surface area contributed by atoms with Crippen molar-refractivity contribution in [2.75, 3.05) is 0 Å². The number of benzene rings is 2. The van der Waals surface area contributed by atoms with E-state index in [0.29, 0.717) is 0 Å². The van der Waals surface area contributed by atoms with Crippen LogP contribution in [0, 0.1) is 20.8 Å². The highest BCUT2D eigenvalue weighted by Gasteiger charge is 2.10. The number of nitrogens with one attached hydrogen (secondary N) is 1. The van der Waals surface area contributed by atoms with Crippen LogP contribution in [0.4, 0.5) is 0 Å². The van der Waals surface area contributed by atoms with Gasteiger partial charge in [0.1, 0.15) is 0 Å². The van der Waals surface area contributed by atoms with Crippen LogP contribution in [-0.4, -0.2) is 0 Å². The molecule has 0 bridgehead atoms. The molecule has 3 N–H and O–H groups in total. The van der Waals surface area contributed by atoms with Crippen molar-refractivity contribution in [3.63, 3.8) is 0 Å². The molecule has 2 aromatic rings. The summed E-state index contributed by atoms with van der Waals surface area (Å²) in [6.45, 7) is 6.39. The second-order valence-corrected chi connectivity index (χ2v) is 5.67. The molecule has 0 saturated heterocycles. The molecule has 0 fully saturated rings. The average Bonchev–Trinajstić information content (AvgIpc) is 2.38. The van der Waals surface area contributed by atoms with Crippen molar-refractivity contribution in [3.05, 3.63) is 70.3 Å². The highest BCUT2D eigenvalue weighted by molar-refractivity contribution is 5.31. The number of hydrogen-bond donors (Lipinski definition) is 2. The van der Waals surface area contributed by atoms with Gasteiger partial charge < -0.3 is 0 Å². The molecule has 106 valence electrons. The van der Waals surface area contributed by atoms with Crippen LogP contribution >= 0.6 is 0 Å². The minimum absolute atomic E-state index is 0.203. The van der Waals surface area contributed by atoms with E-state index in [1.54, 1.807) is 0 Å². The Balaban J connectivity index is 2.09. The molecular weight excluding hydrogens is 244 g/mol. The molecule has 2 aromatic carbocycles. The standard InChI is InChI=1S/C18H24N2/c1-13-5-4-6-16(10-13)7-8-18(20-19)17-11-14(2)9-15(3)12-17/h4-6,9-12,18,20H,7-8,19H2,1-3H3.